The van der Waals surface area contributed by atoms with Gasteiger partial charge in [-0.1, -0.05) is 23.8 Å². The molecule has 4 heteroatoms. The highest BCUT2D eigenvalue weighted by molar-refractivity contribution is 5.78. The number of ether oxygens (including phenoxy) is 1. The normalized spacial score (nSPS) is 24.7. The molecule has 2 aliphatic rings. The van der Waals surface area contributed by atoms with Gasteiger partial charge in [-0.2, -0.15) is 0 Å². The molecule has 0 bridgehead atoms. The second kappa shape index (κ2) is 7.02. The van der Waals surface area contributed by atoms with Crippen LogP contribution in [-0.2, 0) is 9.53 Å². The monoisotopic (exact) mass is 316 g/mol. The molecule has 1 aromatic rings. The summed E-state index contributed by atoms with van der Waals surface area (Å²) in [7, 11) is 0. The Labute approximate surface area is 139 Å². The van der Waals surface area contributed by atoms with E-state index >= 15 is 0 Å². The van der Waals surface area contributed by atoms with Gasteiger partial charge in [0.05, 0.1) is 25.7 Å². The first-order valence-electron chi connectivity index (χ1n) is 8.73. The summed E-state index contributed by atoms with van der Waals surface area (Å²) in [5.41, 5.74) is 3.67. The third kappa shape index (κ3) is 4.12. The minimum atomic E-state index is -0.0153. The Bertz CT molecular complexity index is 568. The van der Waals surface area contributed by atoms with Crippen molar-refractivity contribution in [3.63, 3.8) is 0 Å². The fourth-order valence-corrected chi connectivity index (χ4v) is 3.21. The molecule has 2 atom stereocenters. The summed E-state index contributed by atoms with van der Waals surface area (Å²) < 4.78 is 6.03. The number of carbonyl (C=O) groups is 1. The Balaban J connectivity index is 1.63. The summed E-state index contributed by atoms with van der Waals surface area (Å²) >= 11 is 0. The lowest BCUT2D eigenvalue weighted by molar-refractivity contribution is -0.143. The number of hydrogen-bond donors (Lipinski definition) is 1. The number of aryl methyl sites for hydroxylation is 2. The smallest absolute Gasteiger partial charge is 0.236 e. The van der Waals surface area contributed by atoms with Crippen LogP contribution in [0.15, 0.2) is 18.2 Å². The topological polar surface area (TPSA) is 41.6 Å². The van der Waals surface area contributed by atoms with E-state index in [2.05, 4.69) is 44.3 Å². The first-order chi connectivity index (χ1) is 11.0. The fourth-order valence-electron chi connectivity index (χ4n) is 3.21. The summed E-state index contributed by atoms with van der Waals surface area (Å²) in [6.07, 6.45) is 2.60. The molecule has 2 unspecified atom stereocenters. The van der Waals surface area contributed by atoms with Crippen LogP contribution in [0.3, 0.4) is 0 Å². The molecule has 4 nitrogen and oxygen atoms in total. The lowest BCUT2D eigenvalue weighted by atomic mass is 9.99. The summed E-state index contributed by atoms with van der Waals surface area (Å²) in [6, 6.07) is 6.58. The number of hydrogen-bond acceptors (Lipinski definition) is 3. The Kier molecular flexibility index (Phi) is 5.02. The van der Waals surface area contributed by atoms with E-state index in [4.69, 9.17) is 4.74 Å². The average Bonchev–Trinajstić information content (AvgIpc) is 3.34. The third-order valence-electron chi connectivity index (χ3n) is 4.94. The zero-order valence-electron chi connectivity index (χ0n) is 14.5. The Morgan fingerprint density at radius 3 is 2.87 bits per heavy atom. The van der Waals surface area contributed by atoms with E-state index in [1.165, 1.54) is 29.5 Å². The second-order valence-corrected chi connectivity index (χ2v) is 7.15. The molecule has 3 rings (SSSR count). The van der Waals surface area contributed by atoms with Gasteiger partial charge in [0.1, 0.15) is 6.10 Å². The lowest BCUT2D eigenvalue weighted by Gasteiger charge is -2.39. The number of morpholine rings is 1. The highest BCUT2D eigenvalue weighted by Crippen LogP contribution is 2.29. The molecule has 0 aromatic heterocycles. The second-order valence-electron chi connectivity index (χ2n) is 7.15. The van der Waals surface area contributed by atoms with E-state index in [-0.39, 0.29) is 18.1 Å². The number of rotatable bonds is 5. The summed E-state index contributed by atoms with van der Waals surface area (Å²) in [5, 5.41) is 3.31. The van der Waals surface area contributed by atoms with Crippen molar-refractivity contribution in [2.24, 2.45) is 5.92 Å². The van der Waals surface area contributed by atoms with Crippen molar-refractivity contribution in [2.45, 2.75) is 45.8 Å². The van der Waals surface area contributed by atoms with Crippen LogP contribution >= 0.6 is 0 Å². The lowest BCUT2D eigenvalue weighted by Crippen LogP contribution is -2.51. The quantitative estimate of drug-likeness (QED) is 0.908. The van der Waals surface area contributed by atoms with E-state index in [0.717, 1.165) is 12.5 Å². The summed E-state index contributed by atoms with van der Waals surface area (Å²) in [6.45, 7) is 8.95. The van der Waals surface area contributed by atoms with Crippen molar-refractivity contribution in [1.29, 1.82) is 0 Å². The van der Waals surface area contributed by atoms with E-state index in [9.17, 15) is 4.79 Å². The van der Waals surface area contributed by atoms with Gasteiger partial charge < -0.3 is 15.0 Å². The number of carbonyl (C=O) groups excluding carboxylic acids is 1. The fraction of sp³-hybridized carbons (Fsp3) is 0.632. The predicted octanol–water partition coefficient (Wildman–Crippen LogP) is 2.59. The van der Waals surface area contributed by atoms with Gasteiger partial charge in [0.2, 0.25) is 5.91 Å². The zero-order valence-corrected chi connectivity index (χ0v) is 14.5. The van der Waals surface area contributed by atoms with Crippen molar-refractivity contribution in [3.8, 4) is 0 Å². The van der Waals surface area contributed by atoms with Crippen LogP contribution in [0, 0.1) is 19.8 Å². The molecule has 2 fully saturated rings. The largest absolute Gasteiger partial charge is 0.370 e. The number of nitrogens with one attached hydrogen (secondary N) is 1. The highest BCUT2D eigenvalue weighted by Gasteiger charge is 2.31. The molecular weight excluding hydrogens is 288 g/mol. The maximum Gasteiger partial charge on any atom is 0.236 e. The number of benzene rings is 1. The molecule has 126 valence electrons. The van der Waals surface area contributed by atoms with Gasteiger partial charge in [0.15, 0.2) is 0 Å². The summed E-state index contributed by atoms with van der Waals surface area (Å²) in [4.78, 5) is 14.5. The summed E-state index contributed by atoms with van der Waals surface area (Å²) in [5.74, 6) is 0.990. The van der Waals surface area contributed by atoms with Gasteiger partial charge in [0, 0.05) is 0 Å². The zero-order chi connectivity index (χ0) is 16.4. The molecule has 0 spiro atoms. The van der Waals surface area contributed by atoms with Crippen LogP contribution in [0.5, 0.6) is 0 Å². The van der Waals surface area contributed by atoms with Crippen LogP contribution < -0.4 is 5.32 Å². The molecule has 23 heavy (non-hydrogen) atoms. The van der Waals surface area contributed by atoms with E-state index in [1.807, 2.05) is 4.90 Å². The highest BCUT2D eigenvalue weighted by atomic mass is 16.5. The maximum atomic E-state index is 12.5. The SMILES string of the molecule is Cc1ccc(C)c(C2CN(C(=O)CNCC3CC3)C(C)CO2)c1. The van der Waals surface area contributed by atoms with E-state index in [1.54, 1.807) is 0 Å². The Morgan fingerprint density at radius 2 is 2.13 bits per heavy atom. The first kappa shape index (κ1) is 16.5. The van der Waals surface area contributed by atoms with Crippen LogP contribution in [0.4, 0.5) is 0 Å². The van der Waals surface area contributed by atoms with Crippen LogP contribution in [0.2, 0.25) is 0 Å². The number of amides is 1. The van der Waals surface area contributed by atoms with Crippen molar-refractivity contribution < 1.29 is 9.53 Å². The van der Waals surface area contributed by atoms with Crippen molar-refractivity contribution in [1.82, 2.24) is 10.2 Å². The van der Waals surface area contributed by atoms with E-state index < -0.39 is 0 Å². The van der Waals surface area contributed by atoms with Crippen molar-refractivity contribution in [2.75, 3.05) is 26.2 Å². The van der Waals surface area contributed by atoms with Crippen LogP contribution in [-0.4, -0.2) is 43.1 Å². The molecule has 1 heterocycles. The molecule has 1 aliphatic heterocycles. The average molecular weight is 316 g/mol. The van der Waals surface area contributed by atoms with Crippen molar-refractivity contribution >= 4 is 5.91 Å². The molecule has 1 aromatic carbocycles. The molecule has 1 saturated heterocycles. The van der Waals surface area contributed by atoms with Gasteiger partial charge in [-0.3, -0.25) is 4.79 Å². The molecule has 1 N–H and O–H groups in total. The van der Waals surface area contributed by atoms with E-state index in [0.29, 0.717) is 19.7 Å². The minimum absolute atomic E-state index is 0.0153. The molecule has 1 amide bonds. The molecular formula is C19H28N2O2. The standard InChI is InChI=1S/C19H28N2O2/c1-13-4-5-14(2)17(8-13)18-11-21(15(3)12-23-18)19(22)10-20-9-16-6-7-16/h4-5,8,15-16,18,20H,6-7,9-12H2,1-3H3. The van der Waals surface area contributed by atoms with Crippen molar-refractivity contribution in [3.05, 3.63) is 34.9 Å². The molecule has 0 radical (unpaired) electrons. The Hall–Kier alpha value is -1.39. The molecule has 1 aliphatic carbocycles. The minimum Gasteiger partial charge on any atom is -0.370 e. The van der Waals surface area contributed by atoms with Gasteiger partial charge in [0.25, 0.3) is 0 Å². The predicted molar refractivity (Wildman–Crippen MR) is 91.4 cm³/mol. The first-order valence-corrected chi connectivity index (χ1v) is 8.73. The molecule has 1 saturated carbocycles. The Morgan fingerprint density at radius 1 is 1.35 bits per heavy atom. The van der Waals surface area contributed by atoms with Gasteiger partial charge in [-0.25, -0.2) is 0 Å². The van der Waals surface area contributed by atoms with Gasteiger partial charge in [-0.05, 0) is 57.2 Å². The van der Waals surface area contributed by atoms with Gasteiger partial charge >= 0.3 is 0 Å². The third-order valence-corrected chi connectivity index (χ3v) is 4.94. The van der Waals surface area contributed by atoms with Crippen LogP contribution in [0.25, 0.3) is 0 Å². The number of nitrogens with zero attached hydrogens (tertiary/aromatic N) is 1. The van der Waals surface area contributed by atoms with Crippen LogP contribution in [0.1, 0.15) is 42.6 Å². The maximum absolute atomic E-state index is 12.5. The van der Waals surface area contributed by atoms with Gasteiger partial charge in [-0.15, -0.1) is 0 Å².